The second-order valence-corrected chi connectivity index (χ2v) is 8.34. The third-order valence-corrected chi connectivity index (χ3v) is 5.71. The van der Waals surface area contributed by atoms with E-state index in [9.17, 15) is 13.2 Å². The van der Waals surface area contributed by atoms with Gasteiger partial charge in [0, 0.05) is 5.56 Å². The number of aryl methyl sites for hydroxylation is 3. The van der Waals surface area contributed by atoms with Crippen LogP contribution in [0.1, 0.15) is 66.8 Å². The number of rotatable bonds is 7. The van der Waals surface area contributed by atoms with Crippen molar-refractivity contribution in [2.45, 2.75) is 59.3 Å². The number of unbranched alkanes of at least 4 members (excludes halogenated alkanes) is 4. The fraction of sp³-hybridized carbons (Fsp3) is 0.310. The fourth-order valence-corrected chi connectivity index (χ4v) is 3.93. The standard InChI is InChI=1S/C29H29F3/c1-4-5-6-7-8-9-22-16-20(2)26(21(3)17-22)14-12-23-10-11-24(18-28(23)31)25-13-15-27(30)29(32)19-25/h10-11,13,15-19H,4-9H2,1-3H3. The predicted octanol–water partition coefficient (Wildman–Crippen LogP) is 8.30. The van der Waals surface area contributed by atoms with Gasteiger partial charge in [0.15, 0.2) is 11.6 Å². The van der Waals surface area contributed by atoms with E-state index in [1.54, 1.807) is 12.1 Å². The van der Waals surface area contributed by atoms with Crippen molar-refractivity contribution in [2.75, 3.05) is 0 Å². The van der Waals surface area contributed by atoms with E-state index in [0.29, 0.717) is 11.1 Å². The topological polar surface area (TPSA) is 0 Å². The van der Waals surface area contributed by atoms with Crippen LogP contribution in [-0.2, 0) is 6.42 Å². The van der Waals surface area contributed by atoms with Crippen LogP contribution in [0.3, 0.4) is 0 Å². The van der Waals surface area contributed by atoms with E-state index in [1.165, 1.54) is 49.8 Å². The van der Waals surface area contributed by atoms with Crippen molar-refractivity contribution in [3.05, 3.63) is 93.8 Å². The van der Waals surface area contributed by atoms with E-state index in [4.69, 9.17) is 0 Å². The maximum Gasteiger partial charge on any atom is 0.159 e. The van der Waals surface area contributed by atoms with Crippen LogP contribution in [0.15, 0.2) is 48.5 Å². The van der Waals surface area contributed by atoms with Crippen molar-refractivity contribution in [3.63, 3.8) is 0 Å². The molecule has 0 saturated heterocycles. The molecule has 0 N–H and O–H groups in total. The molecule has 3 aromatic rings. The summed E-state index contributed by atoms with van der Waals surface area (Å²) in [6.45, 7) is 6.31. The molecule has 0 nitrogen and oxygen atoms in total. The molecular formula is C29H29F3. The lowest BCUT2D eigenvalue weighted by Gasteiger charge is -2.09. The first kappa shape index (κ1) is 23.7. The molecule has 0 atom stereocenters. The van der Waals surface area contributed by atoms with Gasteiger partial charge in [0.05, 0.1) is 5.56 Å². The Kier molecular flexibility index (Phi) is 8.17. The normalized spacial score (nSPS) is 10.7. The Morgan fingerprint density at radius 3 is 1.91 bits per heavy atom. The van der Waals surface area contributed by atoms with Gasteiger partial charge in [-0.1, -0.05) is 68.7 Å². The molecule has 166 valence electrons. The van der Waals surface area contributed by atoms with Crippen LogP contribution >= 0.6 is 0 Å². The summed E-state index contributed by atoms with van der Waals surface area (Å²) in [6.07, 6.45) is 7.36. The molecule has 0 aliphatic carbocycles. The van der Waals surface area contributed by atoms with Crippen molar-refractivity contribution in [3.8, 4) is 23.0 Å². The Bertz CT molecular complexity index is 1130. The van der Waals surface area contributed by atoms with E-state index < -0.39 is 17.5 Å². The van der Waals surface area contributed by atoms with E-state index in [1.807, 2.05) is 13.8 Å². The molecule has 3 aromatic carbocycles. The van der Waals surface area contributed by atoms with Crippen LogP contribution < -0.4 is 0 Å². The molecule has 0 radical (unpaired) electrons. The van der Waals surface area contributed by atoms with Gasteiger partial charge in [-0.3, -0.25) is 0 Å². The zero-order chi connectivity index (χ0) is 23.1. The Balaban J connectivity index is 1.76. The molecule has 0 aromatic heterocycles. The number of hydrogen-bond donors (Lipinski definition) is 0. The summed E-state index contributed by atoms with van der Waals surface area (Å²) in [5.74, 6) is 3.69. The van der Waals surface area contributed by atoms with Crippen LogP contribution in [0, 0.1) is 43.1 Å². The van der Waals surface area contributed by atoms with Gasteiger partial charge in [0.2, 0.25) is 0 Å². The molecule has 0 fully saturated rings. The lowest BCUT2D eigenvalue weighted by Crippen LogP contribution is -1.94. The van der Waals surface area contributed by atoms with Gasteiger partial charge in [-0.15, -0.1) is 0 Å². The second-order valence-electron chi connectivity index (χ2n) is 8.34. The molecule has 32 heavy (non-hydrogen) atoms. The molecule has 0 aliphatic rings. The molecule has 0 heterocycles. The first-order valence-electron chi connectivity index (χ1n) is 11.3. The van der Waals surface area contributed by atoms with Crippen LogP contribution in [0.5, 0.6) is 0 Å². The molecule has 0 spiro atoms. The number of hydrogen-bond acceptors (Lipinski definition) is 0. The first-order valence-corrected chi connectivity index (χ1v) is 11.3. The van der Waals surface area contributed by atoms with E-state index >= 15 is 0 Å². The zero-order valence-corrected chi connectivity index (χ0v) is 19.0. The molecule has 3 rings (SSSR count). The van der Waals surface area contributed by atoms with E-state index in [-0.39, 0.29) is 5.56 Å². The minimum Gasteiger partial charge on any atom is -0.206 e. The van der Waals surface area contributed by atoms with Gasteiger partial charge < -0.3 is 0 Å². The Labute approximate surface area is 189 Å². The van der Waals surface area contributed by atoms with Gasteiger partial charge in [0.25, 0.3) is 0 Å². The summed E-state index contributed by atoms with van der Waals surface area (Å²) in [4.78, 5) is 0. The maximum absolute atomic E-state index is 14.6. The van der Waals surface area contributed by atoms with Crippen LogP contribution in [-0.4, -0.2) is 0 Å². The molecule has 0 amide bonds. The van der Waals surface area contributed by atoms with Gasteiger partial charge in [-0.05, 0) is 78.8 Å². The molecule has 0 bridgehead atoms. The van der Waals surface area contributed by atoms with Crippen LogP contribution in [0.4, 0.5) is 13.2 Å². The highest BCUT2D eigenvalue weighted by atomic mass is 19.2. The first-order chi connectivity index (χ1) is 15.4. The number of halogens is 3. The number of benzene rings is 3. The maximum atomic E-state index is 14.6. The molecule has 0 saturated carbocycles. The smallest absolute Gasteiger partial charge is 0.159 e. The summed E-state index contributed by atoms with van der Waals surface area (Å²) in [7, 11) is 0. The van der Waals surface area contributed by atoms with Crippen molar-refractivity contribution in [1.29, 1.82) is 0 Å². The van der Waals surface area contributed by atoms with Gasteiger partial charge >= 0.3 is 0 Å². The van der Waals surface area contributed by atoms with Crippen molar-refractivity contribution >= 4 is 0 Å². The molecular weight excluding hydrogens is 405 g/mol. The summed E-state index contributed by atoms with van der Waals surface area (Å²) >= 11 is 0. The largest absolute Gasteiger partial charge is 0.206 e. The highest BCUT2D eigenvalue weighted by molar-refractivity contribution is 5.65. The van der Waals surface area contributed by atoms with Crippen LogP contribution in [0.25, 0.3) is 11.1 Å². The molecule has 0 unspecified atom stereocenters. The fourth-order valence-electron chi connectivity index (χ4n) is 3.93. The zero-order valence-electron chi connectivity index (χ0n) is 19.0. The Hall–Kier alpha value is -2.99. The lowest BCUT2D eigenvalue weighted by atomic mass is 9.96. The minimum absolute atomic E-state index is 0.273. The third kappa shape index (κ3) is 6.04. The van der Waals surface area contributed by atoms with Gasteiger partial charge in [-0.2, -0.15) is 0 Å². The average Bonchev–Trinajstić information content (AvgIpc) is 2.76. The highest BCUT2D eigenvalue weighted by Crippen LogP contribution is 2.24. The van der Waals surface area contributed by atoms with Crippen LogP contribution in [0.2, 0.25) is 0 Å². The van der Waals surface area contributed by atoms with Crippen molar-refractivity contribution in [2.24, 2.45) is 0 Å². The highest BCUT2D eigenvalue weighted by Gasteiger charge is 2.08. The van der Waals surface area contributed by atoms with Gasteiger partial charge in [-0.25, -0.2) is 13.2 Å². The summed E-state index contributed by atoms with van der Waals surface area (Å²) in [5, 5.41) is 0. The van der Waals surface area contributed by atoms with E-state index in [2.05, 4.69) is 30.9 Å². The summed E-state index contributed by atoms with van der Waals surface area (Å²) < 4.78 is 41.3. The second kappa shape index (κ2) is 11.0. The van der Waals surface area contributed by atoms with Gasteiger partial charge in [0.1, 0.15) is 5.82 Å². The quantitative estimate of drug-likeness (QED) is 0.259. The summed E-state index contributed by atoms with van der Waals surface area (Å²) in [5.41, 5.74) is 5.60. The molecule has 3 heteroatoms. The minimum atomic E-state index is -0.956. The monoisotopic (exact) mass is 434 g/mol. The van der Waals surface area contributed by atoms with E-state index in [0.717, 1.165) is 35.2 Å². The average molecular weight is 435 g/mol. The van der Waals surface area contributed by atoms with Crippen molar-refractivity contribution in [1.82, 2.24) is 0 Å². The predicted molar refractivity (Wildman–Crippen MR) is 126 cm³/mol. The lowest BCUT2D eigenvalue weighted by molar-refractivity contribution is 0.509. The van der Waals surface area contributed by atoms with Crippen molar-refractivity contribution < 1.29 is 13.2 Å². The Morgan fingerprint density at radius 2 is 1.28 bits per heavy atom. The Morgan fingerprint density at radius 1 is 0.656 bits per heavy atom. The summed E-state index contributed by atoms with van der Waals surface area (Å²) in [6, 6.07) is 12.4. The molecule has 0 aliphatic heterocycles. The third-order valence-electron chi connectivity index (χ3n) is 5.71. The SMILES string of the molecule is CCCCCCCc1cc(C)c(C#Cc2ccc(-c3ccc(F)c(F)c3)cc2F)c(C)c1.